The fourth-order valence-corrected chi connectivity index (χ4v) is 2.76. The normalized spacial score (nSPS) is 12.2. The molecule has 0 spiro atoms. The van der Waals surface area contributed by atoms with Crippen LogP contribution in [-0.4, -0.2) is 32.1 Å². The number of rotatable bonds is 5. The van der Waals surface area contributed by atoms with Gasteiger partial charge < -0.3 is 10.3 Å². The van der Waals surface area contributed by atoms with E-state index in [0.29, 0.717) is 17.3 Å². The Bertz CT molecular complexity index is 906. The smallest absolute Gasteiger partial charge is 0.225 e. The van der Waals surface area contributed by atoms with E-state index >= 15 is 0 Å². The number of H-pyrrole nitrogens is 1. The lowest BCUT2D eigenvalue weighted by Crippen LogP contribution is -2.14. The van der Waals surface area contributed by atoms with Gasteiger partial charge in [0.15, 0.2) is 0 Å². The summed E-state index contributed by atoms with van der Waals surface area (Å²) in [6.07, 6.45) is 1.78. The first-order valence-electron chi connectivity index (χ1n) is 7.37. The quantitative estimate of drug-likeness (QED) is 0.746. The largest absolute Gasteiger partial charge is 0.338 e. The average molecular weight is 345 g/mol. The molecule has 2 N–H and O–H groups in total. The van der Waals surface area contributed by atoms with E-state index in [1.165, 1.54) is 12.1 Å². The number of aromatic amines is 1. The van der Waals surface area contributed by atoms with Gasteiger partial charge in [0.25, 0.3) is 0 Å². The van der Waals surface area contributed by atoms with Gasteiger partial charge in [0.2, 0.25) is 5.91 Å². The summed E-state index contributed by atoms with van der Waals surface area (Å²) in [5.74, 6) is 0.498. The Kier molecular flexibility index (Phi) is 4.71. The highest BCUT2D eigenvalue weighted by Crippen LogP contribution is 2.23. The van der Waals surface area contributed by atoms with Gasteiger partial charge in [-0.05, 0) is 42.5 Å². The van der Waals surface area contributed by atoms with E-state index in [2.05, 4.69) is 15.3 Å². The summed E-state index contributed by atoms with van der Waals surface area (Å²) < 4.78 is 24.0. The highest BCUT2D eigenvalue weighted by Gasteiger charge is 2.08. The Morgan fingerprint density at radius 2 is 2.00 bits per heavy atom. The van der Waals surface area contributed by atoms with Crippen molar-refractivity contribution in [2.75, 3.05) is 17.3 Å². The minimum Gasteiger partial charge on any atom is -0.338 e. The first-order valence-corrected chi connectivity index (χ1v) is 9.09. The Balaban J connectivity index is 1.80. The summed E-state index contributed by atoms with van der Waals surface area (Å²) in [4.78, 5) is 19.4. The standard InChI is InChI=1S/C17H16FN3O2S/c1-24(23)9-8-16(22)19-13-6-7-14-15(10-13)21-17(20-14)11-2-4-12(18)5-3-11/h2-7,10H,8-9H2,1H3,(H,19,22)(H,20,21). The number of fused-ring (bicyclic) bond motifs is 1. The summed E-state index contributed by atoms with van der Waals surface area (Å²) in [6, 6.07) is 11.4. The monoisotopic (exact) mass is 345 g/mol. The molecular weight excluding hydrogens is 329 g/mol. The molecule has 2 aromatic carbocycles. The minimum absolute atomic E-state index is 0.178. The Morgan fingerprint density at radius 3 is 2.71 bits per heavy atom. The fraction of sp³-hybridized carbons (Fsp3) is 0.176. The molecule has 3 rings (SSSR count). The second-order valence-corrected chi connectivity index (χ2v) is 6.95. The molecule has 0 aliphatic rings. The van der Waals surface area contributed by atoms with Gasteiger partial charge >= 0.3 is 0 Å². The van der Waals surface area contributed by atoms with Crippen LogP contribution in [0.3, 0.4) is 0 Å². The summed E-state index contributed by atoms with van der Waals surface area (Å²) in [6.45, 7) is 0. The van der Waals surface area contributed by atoms with E-state index in [-0.39, 0.29) is 18.1 Å². The molecule has 0 radical (unpaired) electrons. The van der Waals surface area contributed by atoms with Crippen molar-refractivity contribution in [3.05, 3.63) is 48.3 Å². The van der Waals surface area contributed by atoms with Crippen molar-refractivity contribution in [2.45, 2.75) is 6.42 Å². The number of nitrogens with one attached hydrogen (secondary N) is 2. The molecule has 1 amide bonds. The molecule has 1 heterocycles. The first-order chi connectivity index (χ1) is 11.5. The number of benzene rings is 2. The van der Waals surface area contributed by atoms with Gasteiger partial charge in [-0.2, -0.15) is 0 Å². The first kappa shape index (κ1) is 16.3. The molecule has 0 aliphatic heterocycles. The zero-order valence-electron chi connectivity index (χ0n) is 13.0. The van der Waals surface area contributed by atoms with Crippen LogP contribution < -0.4 is 5.32 Å². The molecule has 0 aliphatic carbocycles. The van der Waals surface area contributed by atoms with Crippen LogP contribution in [0.2, 0.25) is 0 Å². The number of aromatic nitrogens is 2. The van der Waals surface area contributed by atoms with E-state index in [1.807, 2.05) is 0 Å². The molecule has 0 fully saturated rings. The lowest BCUT2D eigenvalue weighted by molar-refractivity contribution is -0.115. The molecule has 1 aromatic heterocycles. The van der Waals surface area contributed by atoms with Crippen LogP contribution >= 0.6 is 0 Å². The molecule has 1 unspecified atom stereocenters. The molecule has 0 saturated carbocycles. The predicted molar refractivity (Wildman–Crippen MR) is 93.7 cm³/mol. The van der Waals surface area contributed by atoms with E-state index in [0.717, 1.165) is 16.6 Å². The maximum Gasteiger partial charge on any atom is 0.225 e. The Morgan fingerprint density at radius 1 is 1.25 bits per heavy atom. The summed E-state index contributed by atoms with van der Waals surface area (Å²) in [5.41, 5.74) is 2.94. The number of anilines is 1. The molecule has 1 atom stereocenters. The van der Waals surface area contributed by atoms with Crippen LogP contribution in [0.5, 0.6) is 0 Å². The van der Waals surface area contributed by atoms with Gasteiger partial charge in [-0.3, -0.25) is 9.00 Å². The van der Waals surface area contributed by atoms with Gasteiger partial charge in [-0.1, -0.05) is 0 Å². The van der Waals surface area contributed by atoms with Crippen molar-refractivity contribution in [2.24, 2.45) is 0 Å². The fourth-order valence-electron chi connectivity index (χ4n) is 2.29. The number of hydrogen-bond donors (Lipinski definition) is 2. The number of hydrogen-bond acceptors (Lipinski definition) is 3. The highest BCUT2D eigenvalue weighted by atomic mass is 32.2. The maximum absolute atomic E-state index is 13.0. The third kappa shape index (κ3) is 3.86. The molecule has 0 saturated heterocycles. The molecule has 124 valence electrons. The van der Waals surface area contributed by atoms with Crippen molar-refractivity contribution < 1.29 is 13.4 Å². The third-order valence-electron chi connectivity index (χ3n) is 3.50. The molecule has 5 nitrogen and oxygen atoms in total. The van der Waals surface area contributed by atoms with Crippen molar-refractivity contribution in [1.82, 2.24) is 9.97 Å². The summed E-state index contributed by atoms with van der Waals surface area (Å²) in [7, 11) is -0.990. The minimum atomic E-state index is -0.990. The average Bonchev–Trinajstić information content (AvgIpc) is 2.97. The lowest BCUT2D eigenvalue weighted by Gasteiger charge is -2.04. The molecule has 3 aromatic rings. The second kappa shape index (κ2) is 6.92. The van der Waals surface area contributed by atoms with Gasteiger partial charge in [0.05, 0.1) is 11.0 Å². The zero-order chi connectivity index (χ0) is 17.1. The molecule has 24 heavy (non-hydrogen) atoms. The van der Waals surface area contributed by atoms with Gasteiger partial charge in [0, 0.05) is 40.5 Å². The molecule has 7 heteroatoms. The summed E-state index contributed by atoms with van der Waals surface area (Å²) in [5, 5.41) is 2.78. The lowest BCUT2D eigenvalue weighted by atomic mass is 10.2. The number of carbonyl (C=O) groups is 1. The van der Waals surface area contributed by atoms with Crippen molar-refractivity contribution in [3.8, 4) is 11.4 Å². The molecule has 0 bridgehead atoms. The van der Waals surface area contributed by atoms with Crippen LogP contribution in [-0.2, 0) is 15.6 Å². The number of halogens is 1. The van der Waals surface area contributed by atoms with Crippen LogP contribution in [0.1, 0.15) is 6.42 Å². The predicted octanol–water partition coefficient (Wildman–Crippen LogP) is 3.08. The SMILES string of the molecule is CS(=O)CCC(=O)Nc1ccc2nc(-c3ccc(F)cc3)[nH]c2c1. The van der Waals surface area contributed by atoms with Crippen LogP contribution in [0.4, 0.5) is 10.1 Å². The topological polar surface area (TPSA) is 74.8 Å². The van der Waals surface area contributed by atoms with E-state index in [9.17, 15) is 13.4 Å². The van der Waals surface area contributed by atoms with Gasteiger partial charge in [-0.15, -0.1) is 0 Å². The van der Waals surface area contributed by atoms with Crippen molar-refractivity contribution in [1.29, 1.82) is 0 Å². The van der Waals surface area contributed by atoms with Crippen LogP contribution in [0, 0.1) is 5.82 Å². The van der Waals surface area contributed by atoms with Gasteiger partial charge in [0.1, 0.15) is 11.6 Å². The Hall–Kier alpha value is -2.54. The van der Waals surface area contributed by atoms with Crippen molar-refractivity contribution in [3.63, 3.8) is 0 Å². The number of nitrogens with zero attached hydrogens (tertiary/aromatic N) is 1. The second-order valence-electron chi connectivity index (χ2n) is 5.40. The summed E-state index contributed by atoms with van der Waals surface area (Å²) >= 11 is 0. The highest BCUT2D eigenvalue weighted by molar-refractivity contribution is 7.84. The zero-order valence-corrected chi connectivity index (χ0v) is 13.8. The third-order valence-corrected chi connectivity index (χ3v) is 4.28. The van der Waals surface area contributed by atoms with Crippen molar-refractivity contribution >= 4 is 33.4 Å². The molecular formula is C17H16FN3O2S. The Labute approximate surface area is 140 Å². The van der Waals surface area contributed by atoms with Gasteiger partial charge in [-0.25, -0.2) is 9.37 Å². The maximum atomic E-state index is 13.0. The van der Waals surface area contributed by atoms with Crippen LogP contribution in [0.15, 0.2) is 42.5 Å². The van der Waals surface area contributed by atoms with E-state index in [4.69, 9.17) is 0 Å². The number of amides is 1. The van der Waals surface area contributed by atoms with Crippen LogP contribution in [0.25, 0.3) is 22.4 Å². The number of imidazole rings is 1. The number of carbonyl (C=O) groups excluding carboxylic acids is 1. The van der Waals surface area contributed by atoms with E-state index in [1.54, 1.807) is 36.6 Å². The van der Waals surface area contributed by atoms with E-state index < -0.39 is 10.8 Å².